The lowest BCUT2D eigenvalue weighted by atomic mass is 10.2. The van der Waals surface area contributed by atoms with Crippen molar-refractivity contribution in [2.75, 3.05) is 5.75 Å². The summed E-state index contributed by atoms with van der Waals surface area (Å²) in [4.78, 5) is 12.6. The van der Waals surface area contributed by atoms with Crippen molar-refractivity contribution in [1.29, 1.82) is 0 Å². The number of nitrogens with zero attached hydrogens (tertiary/aromatic N) is 4. The van der Waals surface area contributed by atoms with Crippen LogP contribution in [0.1, 0.15) is 12.5 Å². The van der Waals surface area contributed by atoms with Gasteiger partial charge in [-0.1, -0.05) is 6.92 Å². The van der Waals surface area contributed by atoms with Gasteiger partial charge in [-0.3, -0.25) is 0 Å². The third-order valence-corrected chi connectivity index (χ3v) is 4.30. The summed E-state index contributed by atoms with van der Waals surface area (Å²) in [6.07, 6.45) is -3.74. The highest BCUT2D eigenvalue weighted by molar-refractivity contribution is 7.99. The first-order valence-corrected chi connectivity index (χ1v) is 7.99. The number of imidazole rings is 1. The van der Waals surface area contributed by atoms with Crippen molar-refractivity contribution in [2.45, 2.75) is 18.0 Å². The van der Waals surface area contributed by atoms with Gasteiger partial charge in [0.25, 0.3) is 0 Å². The predicted octanol–water partition coefficient (Wildman–Crippen LogP) is 4.30. The van der Waals surface area contributed by atoms with Gasteiger partial charge in [-0.05, 0) is 24.0 Å². The summed E-state index contributed by atoms with van der Waals surface area (Å²) in [5.74, 6) is 0.328. The van der Waals surface area contributed by atoms with E-state index in [9.17, 15) is 17.6 Å². The van der Waals surface area contributed by atoms with Gasteiger partial charge >= 0.3 is 6.18 Å². The minimum atomic E-state index is -4.50. The summed E-state index contributed by atoms with van der Waals surface area (Å²) in [5.41, 5.74) is -0.233. The molecule has 0 fully saturated rings. The number of rotatable bonds is 3. The van der Waals surface area contributed by atoms with Gasteiger partial charge in [0.1, 0.15) is 11.2 Å². The maximum Gasteiger partial charge on any atom is 0.417 e. The first kappa shape index (κ1) is 16.7. The molecule has 3 rings (SSSR count). The van der Waals surface area contributed by atoms with Gasteiger partial charge in [-0.15, -0.1) is 11.8 Å². The standard InChI is InChI=1S/C15H12F4N4S/c1-3-24-10-4-5-11(16)22-12(10)14-21-9-6-8(15(17,18)19)7-20-13(9)23(14)2/h4-7H,3H2,1-2H3. The van der Waals surface area contributed by atoms with E-state index in [-0.39, 0.29) is 22.7 Å². The topological polar surface area (TPSA) is 43.6 Å². The Morgan fingerprint density at radius 1 is 1.21 bits per heavy atom. The number of aryl methyl sites for hydroxylation is 1. The molecular formula is C15H12F4N4S. The molecule has 0 unspecified atom stereocenters. The van der Waals surface area contributed by atoms with Crippen molar-refractivity contribution in [2.24, 2.45) is 7.05 Å². The van der Waals surface area contributed by atoms with Gasteiger partial charge in [0, 0.05) is 18.1 Å². The number of thioether (sulfide) groups is 1. The molecule has 0 saturated heterocycles. The largest absolute Gasteiger partial charge is 0.417 e. The van der Waals surface area contributed by atoms with Gasteiger partial charge in [0.15, 0.2) is 11.5 Å². The van der Waals surface area contributed by atoms with Crippen LogP contribution < -0.4 is 0 Å². The highest BCUT2D eigenvalue weighted by Gasteiger charge is 2.32. The van der Waals surface area contributed by atoms with Crippen molar-refractivity contribution in [3.8, 4) is 11.5 Å². The molecule has 3 aromatic heterocycles. The van der Waals surface area contributed by atoms with E-state index in [4.69, 9.17) is 0 Å². The van der Waals surface area contributed by atoms with Crippen molar-refractivity contribution < 1.29 is 17.6 Å². The molecule has 0 aliphatic rings. The summed E-state index contributed by atoms with van der Waals surface area (Å²) < 4.78 is 53.5. The molecule has 24 heavy (non-hydrogen) atoms. The fraction of sp³-hybridized carbons (Fsp3) is 0.267. The van der Waals surface area contributed by atoms with E-state index in [1.54, 1.807) is 13.1 Å². The van der Waals surface area contributed by atoms with Gasteiger partial charge in [0.05, 0.1) is 5.56 Å². The summed E-state index contributed by atoms with van der Waals surface area (Å²) >= 11 is 1.45. The van der Waals surface area contributed by atoms with E-state index in [1.807, 2.05) is 6.92 Å². The fourth-order valence-corrected chi connectivity index (χ4v) is 3.05. The number of halogens is 4. The van der Waals surface area contributed by atoms with Crippen LogP contribution in [0, 0.1) is 5.95 Å². The Morgan fingerprint density at radius 2 is 1.96 bits per heavy atom. The Kier molecular flexibility index (Phi) is 4.20. The Morgan fingerprint density at radius 3 is 2.62 bits per heavy atom. The summed E-state index contributed by atoms with van der Waals surface area (Å²) in [6.45, 7) is 1.93. The Balaban J connectivity index is 2.21. The first-order valence-electron chi connectivity index (χ1n) is 7.00. The molecule has 3 heterocycles. The van der Waals surface area contributed by atoms with E-state index in [0.717, 1.165) is 18.0 Å². The molecule has 0 saturated carbocycles. The zero-order chi connectivity index (χ0) is 17.5. The van der Waals surface area contributed by atoms with Gasteiger partial charge in [0.2, 0.25) is 5.95 Å². The van der Waals surface area contributed by atoms with Crippen LogP contribution in [-0.2, 0) is 13.2 Å². The monoisotopic (exact) mass is 356 g/mol. The van der Waals surface area contributed by atoms with Crippen molar-refractivity contribution in [3.63, 3.8) is 0 Å². The number of aromatic nitrogens is 4. The predicted molar refractivity (Wildman–Crippen MR) is 83.1 cm³/mol. The molecule has 0 spiro atoms. The molecule has 0 radical (unpaired) electrons. The number of hydrogen-bond donors (Lipinski definition) is 0. The SMILES string of the molecule is CCSc1ccc(F)nc1-c1nc2cc(C(F)(F)F)cnc2n1C. The molecule has 126 valence electrons. The van der Waals surface area contributed by atoms with Crippen molar-refractivity contribution in [3.05, 3.63) is 35.9 Å². The number of fused-ring (bicyclic) bond motifs is 1. The number of alkyl halides is 3. The first-order chi connectivity index (χ1) is 11.3. The van der Waals surface area contributed by atoms with Crippen molar-refractivity contribution >= 4 is 22.9 Å². The molecule has 0 atom stereocenters. The average Bonchev–Trinajstić information content (AvgIpc) is 2.85. The van der Waals surface area contributed by atoms with Gasteiger partial charge in [-0.25, -0.2) is 15.0 Å². The fourth-order valence-electron chi connectivity index (χ4n) is 2.30. The minimum Gasteiger partial charge on any atom is -0.310 e. The molecule has 9 heteroatoms. The van der Waals surface area contributed by atoms with Crippen LogP contribution in [0.25, 0.3) is 22.7 Å². The molecule has 0 amide bonds. The quantitative estimate of drug-likeness (QED) is 0.399. The lowest BCUT2D eigenvalue weighted by molar-refractivity contribution is -0.137. The van der Waals surface area contributed by atoms with Crippen LogP contribution in [0.2, 0.25) is 0 Å². The normalized spacial score (nSPS) is 12.1. The lowest BCUT2D eigenvalue weighted by Crippen LogP contribution is -2.05. The highest BCUT2D eigenvalue weighted by atomic mass is 32.2. The zero-order valence-electron chi connectivity index (χ0n) is 12.7. The molecule has 0 bridgehead atoms. The summed E-state index contributed by atoms with van der Waals surface area (Å²) in [6, 6.07) is 3.75. The Bertz CT molecular complexity index is 904. The molecule has 0 aliphatic heterocycles. The van der Waals surface area contributed by atoms with Crippen LogP contribution in [-0.4, -0.2) is 25.3 Å². The summed E-state index contributed by atoms with van der Waals surface area (Å²) in [7, 11) is 1.61. The van der Waals surface area contributed by atoms with Crippen LogP contribution in [0.5, 0.6) is 0 Å². The molecule has 4 nitrogen and oxygen atoms in total. The van der Waals surface area contributed by atoms with Crippen LogP contribution in [0.3, 0.4) is 0 Å². The molecule has 0 aliphatic carbocycles. The van der Waals surface area contributed by atoms with E-state index in [2.05, 4.69) is 15.0 Å². The Labute approximate surface area is 138 Å². The molecule has 3 aromatic rings. The number of hydrogen-bond acceptors (Lipinski definition) is 4. The minimum absolute atomic E-state index is 0.0841. The smallest absolute Gasteiger partial charge is 0.310 e. The average molecular weight is 356 g/mol. The molecule has 0 aromatic carbocycles. The maximum absolute atomic E-state index is 13.6. The van der Waals surface area contributed by atoms with Crippen LogP contribution in [0.15, 0.2) is 29.3 Å². The van der Waals surface area contributed by atoms with E-state index in [0.29, 0.717) is 4.90 Å². The Hall–Kier alpha value is -2.16. The van der Waals surface area contributed by atoms with Gasteiger partial charge < -0.3 is 4.57 Å². The third kappa shape index (κ3) is 2.95. The van der Waals surface area contributed by atoms with E-state index >= 15 is 0 Å². The molecular weight excluding hydrogens is 344 g/mol. The number of pyridine rings is 2. The van der Waals surface area contributed by atoms with Crippen LogP contribution in [0.4, 0.5) is 17.6 Å². The van der Waals surface area contributed by atoms with Gasteiger partial charge in [-0.2, -0.15) is 17.6 Å². The van der Waals surface area contributed by atoms with E-state index < -0.39 is 17.7 Å². The highest BCUT2D eigenvalue weighted by Crippen LogP contribution is 2.33. The third-order valence-electron chi connectivity index (χ3n) is 3.37. The lowest BCUT2D eigenvalue weighted by Gasteiger charge is -2.07. The zero-order valence-corrected chi connectivity index (χ0v) is 13.5. The second-order valence-electron chi connectivity index (χ2n) is 4.97. The second kappa shape index (κ2) is 6.04. The maximum atomic E-state index is 13.6. The van der Waals surface area contributed by atoms with Crippen molar-refractivity contribution in [1.82, 2.24) is 19.5 Å². The van der Waals surface area contributed by atoms with E-state index in [1.165, 1.54) is 22.4 Å². The van der Waals surface area contributed by atoms with Crippen LogP contribution >= 0.6 is 11.8 Å². The molecule has 0 N–H and O–H groups in total. The summed E-state index contributed by atoms with van der Waals surface area (Å²) in [5, 5.41) is 0. The second-order valence-corrected chi connectivity index (χ2v) is 6.28.